The second-order valence-corrected chi connectivity index (χ2v) is 4.47. The van der Waals surface area contributed by atoms with E-state index in [1.165, 1.54) is 0 Å². The molecule has 0 spiro atoms. The largest absolute Gasteiger partial charge is 0.399 e. The van der Waals surface area contributed by atoms with Gasteiger partial charge in [-0.15, -0.1) is 0 Å². The zero-order chi connectivity index (χ0) is 13.7. The van der Waals surface area contributed by atoms with E-state index >= 15 is 0 Å². The van der Waals surface area contributed by atoms with Crippen LogP contribution in [0.5, 0.6) is 0 Å². The van der Waals surface area contributed by atoms with Gasteiger partial charge >= 0.3 is 0 Å². The van der Waals surface area contributed by atoms with Crippen molar-refractivity contribution in [1.29, 1.82) is 0 Å². The summed E-state index contributed by atoms with van der Waals surface area (Å²) in [6, 6.07) is 11.3. The maximum Gasteiger partial charge on any atom is 0.225 e. The molecule has 19 heavy (non-hydrogen) atoms. The van der Waals surface area contributed by atoms with Gasteiger partial charge in [-0.05, 0) is 36.6 Å². The Morgan fingerprint density at radius 2 is 2.05 bits per heavy atom. The Morgan fingerprint density at radius 1 is 1.26 bits per heavy atom. The van der Waals surface area contributed by atoms with Gasteiger partial charge in [-0.3, -0.25) is 4.79 Å². The number of aromatic nitrogens is 1. The van der Waals surface area contributed by atoms with Gasteiger partial charge in [-0.25, -0.2) is 4.98 Å². The summed E-state index contributed by atoms with van der Waals surface area (Å²) in [6.45, 7) is 1.96. The number of pyridine rings is 1. The van der Waals surface area contributed by atoms with Crippen molar-refractivity contribution in [3.63, 3.8) is 0 Å². The number of nitrogens with zero attached hydrogens (tertiary/aromatic N) is 1. The highest BCUT2D eigenvalue weighted by molar-refractivity contribution is 5.89. The van der Waals surface area contributed by atoms with Gasteiger partial charge < -0.3 is 11.1 Å². The summed E-state index contributed by atoms with van der Waals surface area (Å²) < 4.78 is 0. The molecule has 1 amide bonds. The van der Waals surface area contributed by atoms with Crippen LogP contribution in [0, 0.1) is 6.92 Å². The number of rotatable bonds is 4. The van der Waals surface area contributed by atoms with E-state index in [9.17, 15) is 4.79 Å². The van der Waals surface area contributed by atoms with Gasteiger partial charge in [-0.1, -0.05) is 24.3 Å². The predicted octanol–water partition coefficient (Wildman–Crippen LogP) is 2.54. The van der Waals surface area contributed by atoms with Gasteiger partial charge in [0.2, 0.25) is 5.91 Å². The van der Waals surface area contributed by atoms with Crippen LogP contribution < -0.4 is 11.1 Å². The van der Waals surface area contributed by atoms with Gasteiger partial charge in [0.1, 0.15) is 5.82 Å². The lowest BCUT2D eigenvalue weighted by Gasteiger charge is -2.06. The number of carbonyl (C=O) groups excluding carboxylic acids is 1. The normalized spacial score (nSPS) is 10.2. The Labute approximate surface area is 112 Å². The molecule has 0 saturated heterocycles. The van der Waals surface area contributed by atoms with Gasteiger partial charge in [0.25, 0.3) is 0 Å². The third kappa shape index (κ3) is 3.81. The van der Waals surface area contributed by atoms with Crippen LogP contribution in [0.25, 0.3) is 0 Å². The summed E-state index contributed by atoms with van der Waals surface area (Å²) in [5.74, 6) is 0.524. The van der Waals surface area contributed by atoms with Gasteiger partial charge in [0, 0.05) is 18.3 Å². The molecule has 4 nitrogen and oxygen atoms in total. The molecule has 0 atom stereocenters. The minimum Gasteiger partial charge on any atom is -0.399 e. The molecule has 3 N–H and O–H groups in total. The number of carbonyl (C=O) groups is 1. The Morgan fingerprint density at radius 3 is 2.74 bits per heavy atom. The summed E-state index contributed by atoms with van der Waals surface area (Å²) in [7, 11) is 0. The lowest BCUT2D eigenvalue weighted by Crippen LogP contribution is -2.13. The fourth-order valence-corrected chi connectivity index (χ4v) is 1.76. The van der Waals surface area contributed by atoms with Crippen LogP contribution in [0.3, 0.4) is 0 Å². The molecule has 0 aliphatic heterocycles. The molecule has 2 aromatic rings. The van der Waals surface area contributed by atoms with Crippen molar-refractivity contribution in [2.75, 3.05) is 11.1 Å². The standard InChI is InChI=1S/C15H17N3O/c1-11-6-8-14(17-10-11)18-15(19)9-7-12-4-2-3-5-13(12)16/h2-6,8,10H,7,9,16H2,1H3,(H,17,18,19). The minimum atomic E-state index is -0.0559. The number of nitrogens with two attached hydrogens (primary N) is 1. The van der Waals surface area contributed by atoms with Crippen LogP contribution in [0.1, 0.15) is 17.5 Å². The Kier molecular flexibility index (Phi) is 4.13. The molecule has 0 saturated carbocycles. The number of para-hydroxylation sites is 1. The zero-order valence-electron chi connectivity index (χ0n) is 10.9. The van der Waals surface area contributed by atoms with Crippen molar-refractivity contribution in [2.24, 2.45) is 0 Å². The number of hydrogen-bond donors (Lipinski definition) is 2. The first kappa shape index (κ1) is 13.1. The van der Waals surface area contributed by atoms with Crippen LogP contribution in [-0.2, 0) is 11.2 Å². The molecule has 0 bridgehead atoms. The summed E-state index contributed by atoms with van der Waals surface area (Å²) in [6.07, 6.45) is 2.75. The van der Waals surface area contributed by atoms with Crippen LogP contribution in [0.2, 0.25) is 0 Å². The van der Waals surface area contributed by atoms with Crippen molar-refractivity contribution < 1.29 is 4.79 Å². The topological polar surface area (TPSA) is 68.0 Å². The third-order valence-electron chi connectivity index (χ3n) is 2.86. The summed E-state index contributed by atoms with van der Waals surface area (Å²) in [5, 5.41) is 2.77. The molecule has 0 radical (unpaired) electrons. The Hall–Kier alpha value is -2.36. The number of hydrogen-bond acceptors (Lipinski definition) is 3. The fourth-order valence-electron chi connectivity index (χ4n) is 1.76. The Balaban J connectivity index is 1.88. The van der Waals surface area contributed by atoms with E-state index in [2.05, 4.69) is 10.3 Å². The molecule has 0 unspecified atom stereocenters. The minimum absolute atomic E-state index is 0.0559. The van der Waals surface area contributed by atoms with Crippen LogP contribution in [0.15, 0.2) is 42.6 Å². The van der Waals surface area contributed by atoms with Crippen molar-refractivity contribution in [2.45, 2.75) is 19.8 Å². The maximum atomic E-state index is 11.8. The maximum absolute atomic E-state index is 11.8. The number of aryl methyl sites for hydroxylation is 2. The predicted molar refractivity (Wildman–Crippen MR) is 76.8 cm³/mol. The van der Waals surface area contributed by atoms with Gasteiger partial charge in [0.15, 0.2) is 0 Å². The first-order valence-electron chi connectivity index (χ1n) is 6.21. The highest BCUT2D eigenvalue weighted by Gasteiger charge is 2.05. The molecule has 0 aliphatic carbocycles. The number of nitrogens with one attached hydrogen (secondary N) is 1. The van der Waals surface area contributed by atoms with E-state index in [0.29, 0.717) is 18.7 Å². The number of amides is 1. The molecule has 4 heteroatoms. The molecule has 0 fully saturated rings. The first-order valence-corrected chi connectivity index (χ1v) is 6.21. The average molecular weight is 255 g/mol. The molecular formula is C15H17N3O. The summed E-state index contributed by atoms with van der Waals surface area (Å²) in [4.78, 5) is 15.9. The second-order valence-electron chi connectivity index (χ2n) is 4.47. The van der Waals surface area contributed by atoms with Crippen LogP contribution in [-0.4, -0.2) is 10.9 Å². The van der Waals surface area contributed by atoms with E-state index in [1.807, 2.05) is 37.3 Å². The lowest BCUT2D eigenvalue weighted by molar-refractivity contribution is -0.116. The Bertz CT molecular complexity index is 564. The average Bonchev–Trinajstić information content (AvgIpc) is 2.40. The molecule has 1 aromatic carbocycles. The SMILES string of the molecule is Cc1ccc(NC(=O)CCc2ccccc2N)nc1. The lowest BCUT2D eigenvalue weighted by atomic mass is 10.1. The number of benzene rings is 1. The van der Waals surface area contributed by atoms with E-state index in [0.717, 1.165) is 16.8 Å². The molecule has 98 valence electrons. The molecule has 1 aromatic heterocycles. The second kappa shape index (κ2) is 6.00. The van der Waals surface area contributed by atoms with E-state index in [1.54, 1.807) is 12.3 Å². The highest BCUT2D eigenvalue weighted by atomic mass is 16.1. The fraction of sp³-hybridized carbons (Fsp3) is 0.200. The smallest absolute Gasteiger partial charge is 0.225 e. The quantitative estimate of drug-likeness (QED) is 0.825. The van der Waals surface area contributed by atoms with Crippen LogP contribution >= 0.6 is 0 Å². The van der Waals surface area contributed by atoms with E-state index < -0.39 is 0 Å². The van der Waals surface area contributed by atoms with Crippen molar-refractivity contribution in [3.8, 4) is 0 Å². The molecule has 2 rings (SSSR count). The monoisotopic (exact) mass is 255 g/mol. The van der Waals surface area contributed by atoms with E-state index in [4.69, 9.17) is 5.73 Å². The van der Waals surface area contributed by atoms with Crippen molar-refractivity contribution >= 4 is 17.4 Å². The third-order valence-corrected chi connectivity index (χ3v) is 2.86. The number of anilines is 2. The van der Waals surface area contributed by atoms with Gasteiger partial charge in [0.05, 0.1) is 0 Å². The molecule has 0 aliphatic rings. The highest BCUT2D eigenvalue weighted by Crippen LogP contribution is 2.13. The molecule has 1 heterocycles. The van der Waals surface area contributed by atoms with Crippen molar-refractivity contribution in [3.05, 3.63) is 53.7 Å². The van der Waals surface area contributed by atoms with E-state index in [-0.39, 0.29) is 5.91 Å². The summed E-state index contributed by atoms with van der Waals surface area (Å²) in [5.41, 5.74) is 8.62. The van der Waals surface area contributed by atoms with Crippen molar-refractivity contribution in [1.82, 2.24) is 4.98 Å². The van der Waals surface area contributed by atoms with Gasteiger partial charge in [-0.2, -0.15) is 0 Å². The molecular weight excluding hydrogens is 238 g/mol. The first-order chi connectivity index (χ1) is 9.15. The zero-order valence-corrected chi connectivity index (χ0v) is 10.9. The van der Waals surface area contributed by atoms with Crippen LogP contribution in [0.4, 0.5) is 11.5 Å². The number of nitrogen functional groups attached to an aromatic ring is 1. The summed E-state index contributed by atoms with van der Waals surface area (Å²) >= 11 is 0.